The fraction of sp³-hybridized carbons (Fsp3) is 0.0714. The van der Waals surface area contributed by atoms with E-state index in [9.17, 15) is 4.79 Å². The van der Waals surface area contributed by atoms with E-state index in [0.717, 1.165) is 5.56 Å². The molecule has 0 radical (unpaired) electrons. The predicted octanol–water partition coefficient (Wildman–Crippen LogP) is 2.78. The van der Waals surface area contributed by atoms with E-state index in [0.29, 0.717) is 23.0 Å². The fourth-order valence-electron chi connectivity index (χ4n) is 1.98. The zero-order chi connectivity index (χ0) is 14.9. The quantitative estimate of drug-likeness (QED) is 0.800. The van der Waals surface area contributed by atoms with Crippen molar-refractivity contribution in [2.45, 2.75) is 0 Å². The van der Waals surface area contributed by atoms with Gasteiger partial charge in [0, 0.05) is 16.5 Å². The number of carbonyl (C=O) groups excluding carboxylic acids is 1. The van der Waals surface area contributed by atoms with Crippen molar-refractivity contribution in [3.05, 3.63) is 40.6 Å². The number of amides is 1. The van der Waals surface area contributed by atoms with Gasteiger partial charge in [-0.3, -0.25) is 10.1 Å². The number of ether oxygens (including phenoxy) is 2. The van der Waals surface area contributed by atoms with Gasteiger partial charge in [0.2, 0.25) is 6.79 Å². The van der Waals surface area contributed by atoms with Crippen LogP contribution in [0.2, 0.25) is 0 Å². The summed E-state index contributed by atoms with van der Waals surface area (Å²) in [6.45, 7) is 0.161. The number of carbonyl (C=O) groups is 1. The summed E-state index contributed by atoms with van der Waals surface area (Å²) in [6, 6.07) is 6.83. The monoisotopic (exact) mass is 315 g/mol. The summed E-state index contributed by atoms with van der Waals surface area (Å²) in [6.07, 6.45) is 0. The Labute approximate surface area is 128 Å². The number of fused-ring (bicyclic) bond motifs is 1. The molecule has 1 N–H and O–H groups in total. The summed E-state index contributed by atoms with van der Waals surface area (Å²) in [5.41, 5.74) is 1.24. The van der Waals surface area contributed by atoms with Gasteiger partial charge < -0.3 is 13.9 Å². The lowest BCUT2D eigenvalue weighted by Gasteiger charge is -2.02. The third kappa shape index (κ3) is 2.29. The molecule has 1 aliphatic rings. The first-order valence-electron chi connectivity index (χ1n) is 6.37. The third-order valence-electron chi connectivity index (χ3n) is 3.05. The van der Waals surface area contributed by atoms with Crippen molar-refractivity contribution in [3.63, 3.8) is 0 Å². The lowest BCUT2D eigenvalue weighted by Crippen LogP contribution is -2.12. The minimum absolute atomic E-state index is 0.0452. The molecular weight excluding hydrogens is 306 g/mol. The number of thiophene rings is 1. The van der Waals surface area contributed by atoms with E-state index in [4.69, 9.17) is 13.9 Å². The number of hydrogen-bond donors (Lipinski definition) is 1. The largest absolute Gasteiger partial charge is 0.454 e. The minimum atomic E-state index is -0.362. The standard InChI is InChI=1S/C14H9N3O4S/c18-12(8-1-2-10-11(5-8)20-7-19-10)15-14-17-16-13(21-14)9-3-4-22-6-9/h1-6H,7H2,(H,15,17,18). The van der Waals surface area contributed by atoms with Crippen molar-refractivity contribution in [1.29, 1.82) is 0 Å². The molecule has 110 valence electrons. The molecule has 2 aromatic heterocycles. The molecule has 0 bridgehead atoms. The highest BCUT2D eigenvalue weighted by Gasteiger charge is 2.18. The first-order chi connectivity index (χ1) is 10.8. The van der Waals surface area contributed by atoms with Crippen LogP contribution in [0.3, 0.4) is 0 Å². The Hall–Kier alpha value is -2.87. The second-order valence-electron chi connectivity index (χ2n) is 4.45. The van der Waals surface area contributed by atoms with Gasteiger partial charge in [-0.2, -0.15) is 11.3 Å². The molecular formula is C14H9N3O4S. The number of rotatable bonds is 3. The molecule has 0 fully saturated rings. The van der Waals surface area contributed by atoms with E-state index in [1.807, 2.05) is 16.8 Å². The molecule has 0 aliphatic carbocycles. The molecule has 1 aliphatic heterocycles. The van der Waals surface area contributed by atoms with Crippen LogP contribution in [-0.4, -0.2) is 22.9 Å². The molecule has 22 heavy (non-hydrogen) atoms. The molecule has 1 amide bonds. The van der Waals surface area contributed by atoms with Gasteiger partial charge in [-0.25, -0.2) is 0 Å². The molecule has 0 atom stereocenters. The summed E-state index contributed by atoms with van der Waals surface area (Å²) < 4.78 is 15.9. The van der Waals surface area contributed by atoms with Crippen LogP contribution in [0.25, 0.3) is 11.5 Å². The average Bonchev–Trinajstić information content (AvgIpc) is 3.27. The first-order valence-corrected chi connectivity index (χ1v) is 7.31. The molecule has 3 heterocycles. The second-order valence-corrected chi connectivity index (χ2v) is 5.23. The zero-order valence-electron chi connectivity index (χ0n) is 11.1. The van der Waals surface area contributed by atoms with Crippen molar-refractivity contribution in [1.82, 2.24) is 10.2 Å². The predicted molar refractivity (Wildman–Crippen MR) is 78.1 cm³/mol. The molecule has 7 nitrogen and oxygen atoms in total. The van der Waals surface area contributed by atoms with E-state index < -0.39 is 0 Å². The van der Waals surface area contributed by atoms with Gasteiger partial charge in [0.05, 0.1) is 0 Å². The van der Waals surface area contributed by atoms with Crippen LogP contribution in [0.4, 0.5) is 6.01 Å². The summed E-state index contributed by atoms with van der Waals surface area (Å²) in [4.78, 5) is 12.2. The van der Waals surface area contributed by atoms with E-state index in [1.165, 1.54) is 11.3 Å². The maximum atomic E-state index is 12.2. The molecule has 0 saturated heterocycles. The van der Waals surface area contributed by atoms with Crippen molar-refractivity contribution in [2.75, 3.05) is 12.1 Å². The maximum absolute atomic E-state index is 12.2. The van der Waals surface area contributed by atoms with Gasteiger partial charge >= 0.3 is 6.01 Å². The van der Waals surface area contributed by atoms with Crippen LogP contribution in [0.1, 0.15) is 10.4 Å². The lowest BCUT2D eigenvalue weighted by molar-refractivity contribution is 0.102. The first kappa shape index (κ1) is 12.8. The normalized spacial score (nSPS) is 12.4. The molecule has 3 aromatic rings. The number of hydrogen-bond acceptors (Lipinski definition) is 7. The van der Waals surface area contributed by atoms with Crippen LogP contribution in [0.5, 0.6) is 11.5 Å². The SMILES string of the molecule is O=C(Nc1nnc(-c2ccsc2)o1)c1ccc2c(c1)OCO2. The van der Waals surface area contributed by atoms with Gasteiger partial charge in [-0.15, -0.1) is 5.10 Å². The summed E-state index contributed by atoms with van der Waals surface area (Å²) in [5.74, 6) is 1.16. The van der Waals surface area contributed by atoms with Crippen molar-refractivity contribution >= 4 is 23.3 Å². The van der Waals surface area contributed by atoms with Gasteiger partial charge in [-0.1, -0.05) is 5.10 Å². The Bertz CT molecular complexity index is 828. The lowest BCUT2D eigenvalue weighted by atomic mass is 10.2. The summed E-state index contributed by atoms with van der Waals surface area (Å²) >= 11 is 1.52. The van der Waals surface area contributed by atoms with Gasteiger partial charge in [0.1, 0.15) is 0 Å². The van der Waals surface area contributed by atoms with Crippen molar-refractivity contribution in [2.24, 2.45) is 0 Å². The average molecular weight is 315 g/mol. The third-order valence-corrected chi connectivity index (χ3v) is 3.73. The van der Waals surface area contributed by atoms with E-state index in [1.54, 1.807) is 18.2 Å². The van der Waals surface area contributed by atoms with Crippen LogP contribution in [0, 0.1) is 0 Å². The van der Waals surface area contributed by atoms with E-state index >= 15 is 0 Å². The molecule has 0 saturated carbocycles. The molecule has 0 unspecified atom stereocenters. The fourth-order valence-corrected chi connectivity index (χ4v) is 2.61. The Kier molecular flexibility index (Phi) is 3.01. The van der Waals surface area contributed by atoms with Crippen molar-refractivity contribution in [3.8, 4) is 23.0 Å². The number of aromatic nitrogens is 2. The zero-order valence-corrected chi connectivity index (χ0v) is 11.9. The van der Waals surface area contributed by atoms with Crippen LogP contribution < -0.4 is 14.8 Å². The number of anilines is 1. The molecule has 1 aromatic carbocycles. The van der Waals surface area contributed by atoms with Crippen LogP contribution in [-0.2, 0) is 0 Å². The van der Waals surface area contributed by atoms with Crippen LogP contribution >= 0.6 is 11.3 Å². The Morgan fingerprint density at radius 3 is 2.95 bits per heavy atom. The highest BCUT2D eigenvalue weighted by molar-refractivity contribution is 7.08. The van der Waals surface area contributed by atoms with Gasteiger partial charge in [0.15, 0.2) is 11.5 Å². The van der Waals surface area contributed by atoms with Crippen molar-refractivity contribution < 1.29 is 18.7 Å². The van der Waals surface area contributed by atoms with Gasteiger partial charge in [-0.05, 0) is 29.6 Å². The summed E-state index contributed by atoms with van der Waals surface area (Å²) in [5, 5.41) is 14.1. The number of nitrogens with zero attached hydrogens (tertiary/aromatic N) is 2. The Morgan fingerprint density at radius 1 is 1.18 bits per heavy atom. The smallest absolute Gasteiger partial charge is 0.322 e. The molecule has 4 rings (SSSR count). The van der Waals surface area contributed by atoms with Gasteiger partial charge in [0.25, 0.3) is 11.8 Å². The Morgan fingerprint density at radius 2 is 2.09 bits per heavy atom. The second kappa shape index (κ2) is 5.15. The van der Waals surface area contributed by atoms with Crippen LogP contribution in [0.15, 0.2) is 39.4 Å². The van der Waals surface area contributed by atoms with E-state index in [-0.39, 0.29) is 18.7 Å². The van der Waals surface area contributed by atoms with E-state index in [2.05, 4.69) is 15.5 Å². The number of benzene rings is 1. The maximum Gasteiger partial charge on any atom is 0.322 e. The molecule has 8 heteroatoms. The minimum Gasteiger partial charge on any atom is -0.454 e. The number of nitrogens with one attached hydrogen (secondary N) is 1. The summed E-state index contributed by atoms with van der Waals surface area (Å²) in [7, 11) is 0. The Balaban J connectivity index is 1.52. The highest BCUT2D eigenvalue weighted by Crippen LogP contribution is 2.32. The molecule has 0 spiro atoms. The topological polar surface area (TPSA) is 86.5 Å². The highest BCUT2D eigenvalue weighted by atomic mass is 32.1.